The van der Waals surface area contributed by atoms with Gasteiger partial charge in [0.25, 0.3) is 0 Å². The van der Waals surface area contributed by atoms with Crippen molar-refractivity contribution < 1.29 is 4.74 Å². The molecular formula is C12H20N2OS. The zero-order valence-corrected chi connectivity index (χ0v) is 10.7. The number of thiazole rings is 1. The van der Waals surface area contributed by atoms with Crippen molar-refractivity contribution in [2.75, 3.05) is 6.61 Å². The third-order valence-electron chi connectivity index (χ3n) is 3.06. The van der Waals surface area contributed by atoms with Gasteiger partial charge in [-0.2, -0.15) is 0 Å². The Balaban J connectivity index is 1.82. The minimum atomic E-state index is 0.0373. The van der Waals surface area contributed by atoms with Crippen LogP contribution in [0.1, 0.15) is 43.3 Å². The molecule has 0 unspecified atom stereocenters. The SMILES string of the molecule is CCCOCc1nc(CC2(N)CCC2)cs1. The molecule has 1 aromatic heterocycles. The Hall–Kier alpha value is -0.450. The van der Waals surface area contributed by atoms with Crippen LogP contribution >= 0.6 is 11.3 Å². The molecule has 0 spiro atoms. The molecule has 0 atom stereocenters. The predicted octanol–water partition coefficient (Wildman–Crippen LogP) is 2.49. The van der Waals surface area contributed by atoms with Crippen LogP contribution in [0.15, 0.2) is 5.38 Å². The molecule has 90 valence electrons. The first-order valence-corrected chi connectivity index (χ1v) is 6.90. The van der Waals surface area contributed by atoms with Gasteiger partial charge in [-0.15, -0.1) is 11.3 Å². The van der Waals surface area contributed by atoms with E-state index in [9.17, 15) is 0 Å². The van der Waals surface area contributed by atoms with Crippen LogP contribution in [0, 0.1) is 0 Å². The molecule has 0 radical (unpaired) electrons. The molecule has 1 fully saturated rings. The van der Waals surface area contributed by atoms with Crippen molar-refractivity contribution in [3.05, 3.63) is 16.1 Å². The Morgan fingerprint density at radius 1 is 1.56 bits per heavy atom. The van der Waals surface area contributed by atoms with Gasteiger partial charge >= 0.3 is 0 Å². The maximum Gasteiger partial charge on any atom is 0.119 e. The Labute approximate surface area is 101 Å². The van der Waals surface area contributed by atoms with E-state index in [-0.39, 0.29) is 5.54 Å². The van der Waals surface area contributed by atoms with E-state index in [1.807, 2.05) is 0 Å². The fraction of sp³-hybridized carbons (Fsp3) is 0.750. The second-order valence-corrected chi connectivity index (χ2v) is 5.62. The number of nitrogens with two attached hydrogens (primary N) is 1. The molecule has 1 aliphatic rings. The van der Waals surface area contributed by atoms with Crippen molar-refractivity contribution in [2.24, 2.45) is 5.73 Å². The van der Waals surface area contributed by atoms with Crippen LogP contribution in [-0.4, -0.2) is 17.1 Å². The summed E-state index contributed by atoms with van der Waals surface area (Å²) in [5.74, 6) is 0. The Morgan fingerprint density at radius 3 is 3.00 bits per heavy atom. The fourth-order valence-corrected chi connectivity index (χ4v) is 2.70. The molecule has 3 nitrogen and oxygen atoms in total. The smallest absolute Gasteiger partial charge is 0.119 e. The number of hydrogen-bond acceptors (Lipinski definition) is 4. The Kier molecular flexibility index (Phi) is 3.95. The van der Waals surface area contributed by atoms with E-state index >= 15 is 0 Å². The molecule has 0 bridgehead atoms. The topological polar surface area (TPSA) is 48.1 Å². The third-order valence-corrected chi connectivity index (χ3v) is 3.93. The van der Waals surface area contributed by atoms with Gasteiger partial charge in [0.2, 0.25) is 0 Å². The van der Waals surface area contributed by atoms with E-state index in [4.69, 9.17) is 10.5 Å². The van der Waals surface area contributed by atoms with Crippen LogP contribution in [0.4, 0.5) is 0 Å². The van der Waals surface area contributed by atoms with Crippen molar-refractivity contribution in [3.8, 4) is 0 Å². The molecule has 1 aromatic rings. The van der Waals surface area contributed by atoms with Gasteiger partial charge in [0.15, 0.2) is 0 Å². The van der Waals surface area contributed by atoms with Crippen molar-refractivity contribution in [3.63, 3.8) is 0 Å². The number of hydrogen-bond donors (Lipinski definition) is 1. The van der Waals surface area contributed by atoms with E-state index in [2.05, 4.69) is 17.3 Å². The van der Waals surface area contributed by atoms with Crippen LogP contribution in [-0.2, 0) is 17.8 Å². The van der Waals surface area contributed by atoms with E-state index in [1.54, 1.807) is 11.3 Å². The van der Waals surface area contributed by atoms with Crippen molar-refractivity contribution in [1.29, 1.82) is 0 Å². The molecule has 1 aliphatic carbocycles. The van der Waals surface area contributed by atoms with Crippen LogP contribution in [0.5, 0.6) is 0 Å². The second kappa shape index (κ2) is 5.25. The van der Waals surface area contributed by atoms with Gasteiger partial charge in [-0.25, -0.2) is 4.98 Å². The lowest BCUT2D eigenvalue weighted by Crippen LogP contribution is -2.48. The molecule has 0 aromatic carbocycles. The minimum Gasteiger partial charge on any atom is -0.374 e. The first kappa shape index (κ1) is 12.0. The highest BCUT2D eigenvalue weighted by atomic mass is 32.1. The molecule has 0 saturated heterocycles. The van der Waals surface area contributed by atoms with Crippen molar-refractivity contribution in [2.45, 2.75) is 51.2 Å². The highest BCUT2D eigenvalue weighted by Gasteiger charge is 2.33. The molecule has 2 N–H and O–H groups in total. The Morgan fingerprint density at radius 2 is 2.38 bits per heavy atom. The van der Waals surface area contributed by atoms with E-state index in [0.717, 1.165) is 43.0 Å². The average molecular weight is 240 g/mol. The first-order chi connectivity index (χ1) is 7.72. The van der Waals surface area contributed by atoms with E-state index in [1.165, 1.54) is 6.42 Å². The lowest BCUT2D eigenvalue weighted by molar-refractivity contribution is 0.121. The van der Waals surface area contributed by atoms with Crippen molar-refractivity contribution >= 4 is 11.3 Å². The number of nitrogens with zero attached hydrogens (tertiary/aromatic N) is 1. The van der Waals surface area contributed by atoms with Crippen LogP contribution < -0.4 is 5.73 Å². The van der Waals surface area contributed by atoms with Crippen LogP contribution in [0.25, 0.3) is 0 Å². The summed E-state index contributed by atoms with van der Waals surface area (Å²) in [5.41, 5.74) is 7.38. The molecule has 1 saturated carbocycles. The maximum absolute atomic E-state index is 6.20. The molecule has 2 rings (SSSR count). The van der Waals surface area contributed by atoms with E-state index < -0.39 is 0 Å². The second-order valence-electron chi connectivity index (χ2n) is 4.68. The van der Waals surface area contributed by atoms with Gasteiger partial charge < -0.3 is 10.5 Å². The summed E-state index contributed by atoms with van der Waals surface area (Å²) in [5, 5.41) is 3.20. The molecular weight excluding hydrogens is 220 g/mol. The average Bonchev–Trinajstić information content (AvgIpc) is 2.64. The molecule has 16 heavy (non-hydrogen) atoms. The predicted molar refractivity (Wildman–Crippen MR) is 66.5 cm³/mol. The largest absolute Gasteiger partial charge is 0.374 e. The summed E-state index contributed by atoms with van der Waals surface area (Å²) < 4.78 is 5.47. The Bertz CT molecular complexity index is 334. The minimum absolute atomic E-state index is 0.0373. The van der Waals surface area contributed by atoms with Gasteiger partial charge in [-0.1, -0.05) is 6.92 Å². The maximum atomic E-state index is 6.20. The first-order valence-electron chi connectivity index (χ1n) is 6.02. The summed E-state index contributed by atoms with van der Waals surface area (Å²) in [4.78, 5) is 4.56. The van der Waals surface area contributed by atoms with Gasteiger partial charge in [-0.3, -0.25) is 0 Å². The lowest BCUT2D eigenvalue weighted by atomic mass is 9.75. The summed E-state index contributed by atoms with van der Waals surface area (Å²) >= 11 is 1.68. The fourth-order valence-electron chi connectivity index (χ4n) is 1.97. The summed E-state index contributed by atoms with van der Waals surface area (Å²) in [6.45, 7) is 3.58. The zero-order chi connectivity index (χ0) is 11.4. The van der Waals surface area contributed by atoms with Crippen LogP contribution in [0.2, 0.25) is 0 Å². The standard InChI is InChI=1S/C12H20N2OS/c1-2-6-15-8-11-14-10(9-16-11)7-12(13)4-3-5-12/h9H,2-8,13H2,1H3. The summed E-state index contributed by atoms with van der Waals surface area (Å²) in [7, 11) is 0. The number of rotatable bonds is 6. The van der Waals surface area contributed by atoms with Gasteiger partial charge in [-0.05, 0) is 25.7 Å². The number of ether oxygens (including phenoxy) is 1. The number of aromatic nitrogens is 1. The zero-order valence-electron chi connectivity index (χ0n) is 9.87. The molecule has 4 heteroatoms. The highest BCUT2D eigenvalue weighted by Crippen LogP contribution is 2.32. The molecule has 1 heterocycles. The quantitative estimate of drug-likeness (QED) is 0.777. The summed E-state index contributed by atoms with van der Waals surface area (Å²) in [6.07, 6.45) is 5.55. The lowest BCUT2D eigenvalue weighted by Gasteiger charge is -2.37. The van der Waals surface area contributed by atoms with Gasteiger partial charge in [0, 0.05) is 23.9 Å². The van der Waals surface area contributed by atoms with Gasteiger partial charge in [0.1, 0.15) is 5.01 Å². The molecule has 0 amide bonds. The van der Waals surface area contributed by atoms with Crippen molar-refractivity contribution in [1.82, 2.24) is 4.98 Å². The highest BCUT2D eigenvalue weighted by molar-refractivity contribution is 7.09. The van der Waals surface area contributed by atoms with E-state index in [0.29, 0.717) is 6.61 Å². The van der Waals surface area contributed by atoms with Crippen LogP contribution in [0.3, 0.4) is 0 Å². The normalized spacial score (nSPS) is 18.4. The molecule has 0 aliphatic heterocycles. The monoisotopic (exact) mass is 240 g/mol. The van der Waals surface area contributed by atoms with Gasteiger partial charge in [0.05, 0.1) is 12.3 Å². The summed E-state index contributed by atoms with van der Waals surface area (Å²) in [6, 6.07) is 0. The third kappa shape index (κ3) is 3.03.